The molecular formula is C15H20N4O4. The quantitative estimate of drug-likeness (QED) is 0.795. The van der Waals surface area contributed by atoms with Crippen LogP contribution in [0.2, 0.25) is 0 Å². The van der Waals surface area contributed by atoms with Crippen molar-refractivity contribution in [2.45, 2.75) is 6.54 Å². The zero-order valence-electron chi connectivity index (χ0n) is 13.5. The van der Waals surface area contributed by atoms with Crippen LogP contribution in [-0.2, 0) is 6.54 Å². The Morgan fingerprint density at radius 2 is 1.57 bits per heavy atom. The molecule has 1 aromatic heterocycles. The first-order valence-electron chi connectivity index (χ1n) is 6.82. The highest BCUT2D eigenvalue weighted by Crippen LogP contribution is 2.38. The number of rotatable bonds is 7. The number of hydrogen-bond acceptors (Lipinski definition) is 8. The standard InChI is InChI=1S/C15H20N4O4/c1-20-10-5-9(6-11(21-2)14(10)23-4)8-17-12-7-13(22-3)19-15(16)18-12/h5-7H,8H2,1-4H3,(H3,16,17,18,19). The van der Waals surface area contributed by atoms with Crippen LogP contribution in [0.15, 0.2) is 18.2 Å². The van der Waals surface area contributed by atoms with Crippen molar-refractivity contribution < 1.29 is 18.9 Å². The molecule has 8 heteroatoms. The molecule has 1 aromatic carbocycles. The molecule has 3 N–H and O–H groups in total. The molecule has 0 saturated heterocycles. The van der Waals surface area contributed by atoms with Crippen LogP contribution in [0, 0.1) is 0 Å². The fraction of sp³-hybridized carbons (Fsp3) is 0.333. The van der Waals surface area contributed by atoms with Crippen molar-refractivity contribution >= 4 is 11.8 Å². The van der Waals surface area contributed by atoms with E-state index in [1.54, 1.807) is 27.4 Å². The summed E-state index contributed by atoms with van der Waals surface area (Å²) < 4.78 is 21.0. The van der Waals surface area contributed by atoms with Gasteiger partial charge in [0, 0.05) is 12.6 Å². The third-order valence-corrected chi connectivity index (χ3v) is 3.13. The van der Waals surface area contributed by atoms with Gasteiger partial charge in [0.15, 0.2) is 11.5 Å². The van der Waals surface area contributed by atoms with Gasteiger partial charge in [0.25, 0.3) is 0 Å². The van der Waals surface area contributed by atoms with Gasteiger partial charge in [-0.15, -0.1) is 0 Å². The first-order valence-corrected chi connectivity index (χ1v) is 6.82. The summed E-state index contributed by atoms with van der Waals surface area (Å²) in [5, 5.41) is 3.15. The Morgan fingerprint density at radius 1 is 0.913 bits per heavy atom. The first kappa shape index (κ1) is 16.5. The third kappa shape index (κ3) is 3.85. The summed E-state index contributed by atoms with van der Waals surface area (Å²) in [4.78, 5) is 8.04. The average Bonchev–Trinajstić information content (AvgIpc) is 2.58. The Hall–Kier alpha value is -2.90. The molecule has 0 unspecified atom stereocenters. The molecule has 23 heavy (non-hydrogen) atoms. The Balaban J connectivity index is 2.22. The highest BCUT2D eigenvalue weighted by molar-refractivity contribution is 5.54. The molecule has 2 aromatic rings. The summed E-state index contributed by atoms with van der Waals surface area (Å²) >= 11 is 0. The van der Waals surface area contributed by atoms with E-state index in [0.717, 1.165) is 5.56 Å². The Kier molecular flexibility index (Phi) is 5.29. The number of nitrogens with zero attached hydrogens (tertiary/aromatic N) is 2. The van der Waals surface area contributed by atoms with Gasteiger partial charge in [-0.25, -0.2) is 0 Å². The number of ether oxygens (including phenoxy) is 4. The number of nitrogens with one attached hydrogen (secondary N) is 1. The molecule has 0 saturated carbocycles. The van der Waals surface area contributed by atoms with E-state index in [9.17, 15) is 0 Å². The van der Waals surface area contributed by atoms with Crippen LogP contribution < -0.4 is 30.0 Å². The lowest BCUT2D eigenvalue weighted by Crippen LogP contribution is -2.06. The van der Waals surface area contributed by atoms with Crippen molar-refractivity contribution in [1.29, 1.82) is 0 Å². The van der Waals surface area contributed by atoms with Crippen molar-refractivity contribution in [2.24, 2.45) is 0 Å². The van der Waals surface area contributed by atoms with Crippen LogP contribution in [0.5, 0.6) is 23.1 Å². The SMILES string of the molecule is COc1cc(NCc2cc(OC)c(OC)c(OC)c2)nc(N)n1. The molecular weight excluding hydrogens is 300 g/mol. The minimum Gasteiger partial charge on any atom is -0.493 e. The smallest absolute Gasteiger partial charge is 0.225 e. The number of benzene rings is 1. The molecule has 0 radical (unpaired) electrons. The van der Waals surface area contributed by atoms with Gasteiger partial charge in [-0.3, -0.25) is 0 Å². The summed E-state index contributed by atoms with van der Waals surface area (Å²) in [7, 11) is 6.23. The van der Waals surface area contributed by atoms with E-state index < -0.39 is 0 Å². The van der Waals surface area contributed by atoms with Gasteiger partial charge >= 0.3 is 0 Å². The maximum atomic E-state index is 5.63. The fourth-order valence-electron chi connectivity index (χ4n) is 2.07. The average molecular weight is 320 g/mol. The summed E-state index contributed by atoms with van der Waals surface area (Å²) in [6, 6.07) is 5.38. The molecule has 0 bridgehead atoms. The fourth-order valence-corrected chi connectivity index (χ4v) is 2.07. The number of nitrogens with two attached hydrogens (primary N) is 1. The van der Waals surface area contributed by atoms with E-state index in [-0.39, 0.29) is 5.95 Å². The number of aromatic nitrogens is 2. The molecule has 0 fully saturated rings. The molecule has 8 nitrogen and oxygen atoms in total. The Labute approximate surface area is 134 Å². The van der Waals surface area contributed by atoms with Gasteiger partial charge in [0.1, 0.15) is 5.82 Å². The maximum absolute atomic E-state index is 5.63. The minimum atomic E-state index is 0.136. The van der Waals surface area contributed by atoms with E-state index >= 15 is 0 Å². The predicted molar refractivity (Wildman–Crippen MR) is 86.4 cm³/mol. The molecule has 124 valence electrons. The molecule has 0 aliphatic rings. The van der Waals surface area contributed by atoms with Crippen LogP contribution in [0.1, 0.15) is 5.56 Å². The lowest BCUT2D eigenvalue weighted by molar-refractivity contribution is 0.324. The summed E-state index contributed by atoms with van der Waals surface area (Å²) in [6.45, 7) is 0.482. The van der Waals surface area contributed by atoms with Crippen molar-refractivity contribution in [3.8, 4) is 23.1 Å². The van der Waals surface area contributed by atoms with Gasteiger partial charge < -0.3 is 30.0 Å². The third-order valence-electron chi connectivity index (χ3n) is 3.13. The van der Waals surface area contributed by atoms with Gasteiger partial charge in [0.2, 0.25) is 17.6 Å². The van der Waals surface area contributed by atoms with Crippen LogP contribution >= 0.6 is 0 Å². The van der Waals surface area contributed by atoms with E-state index in [0.29, 0.717) is 35.5 Å². The number of methoxy groups -OCH3 is 4. The molecule has 0 spiro atoms. The van der Waals surface area contributed by atoms with Crippen molar-refractivity contribution in [1.82, 2.24) is 9.97 Å². The van der Waals surface area contributed by atoms with Crippen LogP contribution in [0.25, 0.3) is 0 Å². The molecule has 2 rings (SSSR count). The second-order valence-electron chi connectivity index (χ2n) is 4.54. The zero-order valence-corrected chi connectivity index (χ0v) is 13.5. The van der Waals surface area contributed by atoms with Gasteiger partial charge in [0.05, 0.1) is 28.4 Å². The van der Waals surface area contributed by atoms with Crippen molar-refractivity contribution in [2.75, 3.05) is 39.5 Å². The Bertz CT molecular complexity index is 654. The predicted octanol–water partition coefficient (Wildman–Crippen LogP) is 1.71. The number of nitrogen functional groups attached to an aromatic ring is 1. The number of anilines is 2. The summed E-state index contributed by atoms with van der Waals surface area (Å²) in [5.74, 6) is 2.81. The normalized spacial score (nSPS) is 10.1. The summed E-state index contributed by atoms with van der Waals surface area (Å²) in [5.41, 5.74) is 6.56. The monoisotopic (exact) mass is 320 g/mol. The highest BCUT2D eigenvalue weighted by atomic mass is 16.5. The molecule has 0 aliphatic carbocycles. The van der Waals surface area contributed by atoms with Gasteiger partial charge in [-0.05, 0) is 17.7 Å². The zero-order chi connectivity index (χ0) is 16.8. The van der Waals surface area contributed by atoms with E-state index in [1.807, 2.05) is 12.1 Å². The molecule has 0 aliphatic heterocycles. The van der Waals surface area contributed by atoms with Crippen molar-refractivity contribution in [3.63, 3.8) is 0 Å². The van der Waals surface area contributed by atoms with Crippen LogP contribution in [-0.4, -0.2) is 38.4 Å². The molecule has 1 heterocycles. The first-order chi connectivity index (χ1) is 11.1. The van der Waals surface area contributed by atoms with Gasteiger partial charge in [-0.2, -0.15) is 9.97 Å². The van der Waals surface area contributed by atoms with Gasteiger partial charge in [-0.1, -0.05) is 0 Å². The van der Waals surface area contributed by atoms with E-state index in [1.165, 1.54) is 7.11 Å². The largest absolute Gasteiger partial charge is 0.493 e. The van der Waals surface area contributed by atoms with E-state index in [2.05, 4.69) is 15.3 Å². The number of hydrogen-bond donors (Lipinski definition) is 2. The van der Waals surface area contributed by atoms with Crippen molar-refractivity contribution in [3.05, 3.63) is 23.8 Å². The lowest BCUT2D eigenvalue weighted by Gasteiger charge is -2.14. The minimum absolute atomic E-state index is 0.136. The molecule has 0 amide bonds. The van der Waals surface area contributed by atoms with Crippen LogP contribution in [0.4, 0.5) is 11.8 Å². The van der Waals surface area contributed by atoms with Crippen LogP contribution in [0.3, 0.4) is 0 Å². The summed E-state index contributed by atoms with van der Waals surface area (Å²) in [6.07, 6.45) is 0. The maximum Gasteiger partial charge on any atom is 0.225 e. The highest BCUT2D eigenvalue weighted by Gasteiger charge is 2.13. The second kappa shape index (κ2) is 7.39. The lowest BCUT2D eigenvalue weighted by atomic mass is 10.1. The second-order valence-corrected chi connectivity index (χ2v) is 4.54. The Morgan fingerprint density at radius 3 is 2.09 bits per heavy atom. The molecule has 0 atom stereocenters. The topological polar surface area (TPSA) is 101 Å². The van der Waals surface area contributed by atoms with E-state index in [4.69, 9.17) is 24.7 Å².